The maximum atomic E-state index is 15.5. The van der Waals surface area contributed by atoms with E-state index in [2.05, 4.69) is 6.07 Å². The average Bonchev–Trinajstić information content (AvgIpc) is 1.56. The molecule has 0 bridgehead atoms. The van der Waals surface area contributed by atoms with E-state index in [9.17, 15) is 44.8 Å². The lowest BCUT2D eigenvalue weighted by atomic mass is 9.92. The summed E-state index contributed by atoms with van der Waals surface area (Å²) in [5.74, 6) is 0. The Hall–Kier alpha value is -9.55. The van der Waals surface area contributed by atoms with Crippen molar-refractivity contribution in [3.63, 3.8) is 0 Å². The van der Waals surface area contributed by atoms with E-state index in [1.54, 1.807) is 90.6 Å². The SMILES string of the molecule is Cc1ccc(-c2ccc3c(c2)c2cc(-c4ccc(C)cc4C(F)(F)F)ccc2n3-c2cc(-c3c(C)cccc3C(F)(F)F)cc(-n3c4ccc(-c5ccc(C(F)(F)F)cc5C)cc4c4cc(-c5ccc(C(F)(F)F)cc5C)ccc43)c2C#N)c(C)c1. The van der Waals surface area contributed by atoms with Crippen molar-refractivity contribution in [1.82, 2.24) is 9.13 Å². The lowest BCUT2D eigenvalue weighted by Gasteiger charge is -2.21. The first-order chi connectivity index (χ1) is 40.6. The van der Waals surface area contributed by atoms with E-state index in [1.165, 1.54) is 49.4 Å². The highest BCUT2D eigenvalue weighted by Crippen LogP contribution is 2.48. The molecule has 0 atom stereocenters. The Balaban J connectivity index is 1.20. The number of hydrogen-bond acceptors (Lipinski definition) is 1. The van der Waals surface area contributed by atoms with Crippen LogP contribution in [0.25, 0.3) is 111 Å². The quantitative estimate of drug-likeness (QED) is 0.146. The van der Waals surface area contributed by atoms with Crippen LogP contribution in [0.1, 0.15) is 61.2 Å². The molecule has 15 heteroatoms. The summed E-state index contributed by atoms with van der Waals surface area (Å²) in [6.45, 7) is 10.1. The highest BCUT2D eigenvalue weighted by atomic mass is 19.4. The van der Waals surface area contributed by atoms with Gasteiger partial charge in [-0.05, 0) is 216 Å². The van der Waals surface area contributed by atoms with Crippen LogP contribution in [0.15, 0.2) is 176 Å². The minimum absolute atomic E-state index is 0.0384. The van der Waals surface area contributed by atoms with Crippen LogP contribution >= 0.6 is 0 Å². The molecule has 0 aliphatic carbocycles. The molecular weight excluding hydrogens is 1120 g/mol. The molecule has 0 aliphatic rings. The monoisotopic (exact) mass is 1170 g/mol. The van der Waals surface area contributed by atoms with Gasteiger partial charge < -0.3 is 9.13 Å². The van der Waals surface area contributed by atoms with Gasteiger partial charge in [0, 0.05) is 21.5 Å². The lowest BCUT2D eigenvalue weighted by Crippen LogP contribution is -2.10. The number of aromatic nitrogens is 2. The molecule has 0 aliphatic heterocycles. The van der Waals surface area contributed by atoms with E-state index in [0.29, 0.717) is 82.6 Å². The number of nitrogens with zero attached hydrogens (tertiary/aromatic N) is 3. The van der Waals surface area contributed by atoms with E-state index in [-0.39, 0.29) is 44.8 Å². The maximum Gasteiger partial charge on any atom is 0.417 e. The van der Waals surface area contributed by atoms with Crippen molar-refractivity contribution >= 4 is 43.6 Å². The molecule has 86 heavy (non-hydrogen) atoms. The number of benzene rings is 10. The summed E-state index contributed by atoms with van der Waals surface area (Å²) < 4.78 is 179. The van der Waals surface area contributed by atoms with Crippen LogP contribution in [0.5, 0.6) is 0 Å². The van der Waals surface area contributed by atoms with Gasteiger partial charge in [0.15, 0.2) is 0 Å². The molecule has 0 radical (unpaired) electrons. The van der Waals surface area contributed by atoms with Crippen molar-refractivity contribution < 1.29 is 52.7 Å². The van der Waals surface area contributed by atoms with Gasteiger partial charge in [0.05, 0.1) is 55.7 Å². The van der Waals surface area contributed by atoms with Gasteiger partial charge in [-0.25, -0.2) is 0 Å². The number of halogens is 12. The molecule has 430 valence electrons. The summed E-state index contributed by atoms with van der Waals surface area (Å²) >= 11 is 0. The summed E-state index contributed by atoms with van der Waals surface area (Å²) in [4.78, 5) is 0. The zero-order valence-electron chi connectivity index (χ0n) is 46.6. The highest BCUT2D eigenvalue weighted by Gasteiger charge is 2.37. The molecule has 0 amide bonds. The van der Waals surface area contributed by atoms with Gasteiger partial charge in [0.2, 0.25) is 0 Å². The van der Waals surface area contributed by atoms with Crippen LogP contribution in [0.4, 0.5) is 52.7 Å². The van der Waals surface area contributed by atoms with Crippen LogP contribution in [-0.4, -0.2) is 9.13 Å². The second-order valence-corrected chi connectivity index (χ2v) is 22.0. The Morgan fingerprint density at radius 3 is 1.07 bits per heavy atom. The minimum Gasteiger partial charge on any atom is -0.308 e. The highest BCUT2D eigenvalue weighted by molar-refractivity contribution is 6.14. The van der Waals surface area contributed by atoms with E-state index < -0.39 is 47.0 Å². The van der Waals surface area contributed by atoms with Gasteiger partial charge in [0.1, 0.15) is 11.6 Å². The summed E-state index contributed by atoms with van der Waals surface area (Å²) in [6.07, 6.45) is -18.9. The first-order valence-corrected chi connectivity index (χ1v) is 27.1. The number of nitriles is 1. The molecule has 0 saturated heterocycles. The van der Waals surface area contributed by atoms with Crippen molar-refractivity contribution in [2.45, 2.75) is 66.2 Å². The minimum atomic E-state index is -4.89. The van der Waals surface area contributed by atoms with Crippen LogP contribution in [0.2, 0.25) is 0 Å². The molecule has 0 fully saturated rings. The number of alkyl halides is 12. The summed E-state index contributed by atoms with van der Waals surface area (Å²) in [6, 6.07) is 46.7. The fourth-order valence-electron chi connectivity index (χ4n) is 12.4. The molecule has 10 aromatic carbocycles. The second kappa shape index (κ2) is 20.3. The number of aryl methyl sites for hydroxylation is 6. The first-order valence-electron chi connectivity index (χ1n) is 27.1. The molecule has 0 unspecified atom stereocenters. The van der Waals surface area contributed by atoms with Crippen LogP contribution in [0, 0.1) is 52.9 Å². The van der Waals surface area contributed by atoms with Gasteiger partial charge in [-0.15, -0.1) is 0 Å². The molecule has 2 heterocycles. The lowest BCUT2D eigenvalue weighted by molar-refractivity contribution is -0.138. The molecule has 2 aromatic heterocycles. The Labute approximate surface area is 485 Å². The van der Waals surface area contributed by atoms with E-state index in [1.807, 2.05) is 50.2 Å². The largest absolute Gasteiger partial charge is 0.417 e. The zero-order valence-corrected chi connectivity index (χ0v) is 46.6. The van der Waals surface area contributed by atoms with Crippen molar-refractivity contribution in [3.05, 3.63) is 237 Å². The number of fused-ring (bicyclic) bond motifs is 6. The van der Waals surface area contributed by atoms with Crippen LogP contribution in [0.3, 0.4) is 0 Å². The van der Waals surface area contributed by atoms with Gasteiger partial charge in [-0.2, -0.15) is 57.9 Å². The van der Waals surface area contributed by atoms with E-state index in [4.69, 9.17) is 0 Å². The number of rotatable bonds is 7. The van der Waals surface area contributed by atoms with Gasteiger partial charge in [-0.3, -0.25) is 0 Å². The molecule has 0 N–H and O–H groups in total. The normalized spacial score (nSPS) is 12.5. The standard InChI is InChI=1S/C71H47F12N3/c1-37-10-18-50(40(4)26-37)43-12-22-63-56(30-43)57-33-46(53-19-11-38(2)27-60(53)71(81,82)83)15-25-64(57)86(63)66-35-47(67-39(3)8-7-9-59(67)70(78,79)80)34-65(58(66)36-84)85-61-23-13-44(51-20-16-48(28-41(51)5)68(72,73)74)31-54(61)55-32-45(14-24-62(55)85)52-21-17-49(29-42(52)6)69(75,76)77/h7-35H,1-6H3. The van der Waals surface area contributed by atoms with E-state index in [0.717, 1.165) is 58.7 Å². The predicted octanol–water partition coefficient (Wildman–Crippen LogP) is 22.0. The average molecular weight is 1170 g/mol. The van der Waals surface area contributed by atoms with Gasteiger partial charge >= 0.3 is 24.7 Å². The summed E-state index contributed by atoms with van der Waals surface area (Å²) in [7, 11) is 0. The molecule has 0 saturated carbocycles. The fourth-order valence-corrected chi connectivity index (χ4v) is 12.4. The first kappa shape index (κ1) is 56.9. The third-order valence-corrected chi connectivity index (χ3v) is 16.3. The Bertz CT molecular complexity index is 4720. The van der Waals surface area contributed by atoms with Crippen molar-refractivity contribution in [2.75, 3.05) is 0 Å². The second-order valence-electron chi connectivity index (χ2n) is 22.0. The predicted molar refractivity (Wildman–Crippen MR) is 315 cm³/mol. The maximum absolute atomic E-state index is 15.5. The Morgan fingerprint density at radius 1 is 0.326 bits per heavy atom. The zero-order chi connectivity index (χ0) is 61.3. The Morgan fingerprint density at radius 2 is 0.698 bits per heavy atom. The topological polar surface area (TPSA) is 33.6 Å². The van der Waals surface area contributed by atoms with Crippen molar-refractivity contribution in [2.24, 2.45) is 0 Å². The third-order valence-electron chi connectivity index (χ3n) is 16.3. The van der Waals surface area contributed by atoms with Crippen LogP contribution in [-0.2, 0) is 24.7 Å². The third kappa shape index (κ3) is 9.80. The summed E-state index contributed by atoms with van der Waals surface area (Å²) in [5, 5.41) is 13.8. The van der Waals surface area contributed by atoms with Gasteiger partial charge in [0.25, 0.3) is 0 Å². The summed E-state index contributed by atoms with van der Waals surface area (Å²) in [5.41, 5.74) is 4.95. The molecule has 12 rings (SSSR count). The molecular formula is C71H47F12N3. The van der Waals surface area contributed by atoms with Crippen molar-refractivity contribution in [1.29, 1.82) is 5.26 Å². The molecule has 0 spiro atoms. The number of hydrogen-bond donors (Lipinski definition) is 0. The van der Waals surface area contributed by atoms with E-state index >= 15 is 13.2 Å². The fraction of sp³-hybridized carbons (Fsp3) is 0.141. The van der Waals surface area contributed by atoms with Gasteiger partial charge in [-0.1, -0.05) is 90.0 Å². The molecule has 12 aromatic rings. The smallest absolute Gasteiger partial charge is 0.308 e. The van der Waals surface area contributed by atoms with Crippen molar-refractivity contribution in [3.8, 4) is 73.1 Å². The Kier molecular flexibility index (Phi) is 13.4. The van der Waals surface area contributed by atoms with Crippen LogP contribution < -0.4 is 0 Å². The molecule has 3 nitrogen and oxygen atoms in total.